The predicted molar refractivity (Wildman–Crippen MR) is 126 cm³/mol. The van der Waals surface area contributed by atoms with Gasteiger partial charge in [0.05, 0.1) is 17.8 Å². The Balaban J connectivity index is 1.34. The molecule has 4 heterocycles. The van der Waals surface area contributed by atoms with E-state index in [1.807, 2.05) is 16.7 Å². The fourth-order valence-corrected chi connectivity index (χ4v) is 5.54. The van der Waals surface area contributed by atoms with Crippen molar-refractivity contribution < 1.29 is 26.8 Å². The van der Waals surface area contributed by atoms with Crippen LogP contribution < -0.4 is 4.90 Å². The van der Waals surface area contributed by atoms with E-state index in [2.05, 4.69) is 15.2 Å². The van der Waals surface area contributed by atoms with Gasteiger partial charge in [0, 0.05) is 31.0 Å². The Bertz CT molecular complexity index is 1210. The van der Waals surface area contributed by atoms with Gasteiger partial charge in [-0.1, -0.05) is 6.07 Å². The van der Waals surface area contributed by atoms with E-state index in [1.165, 1.54) is 41.4 Å². The smallest absolute Gasteiger partial charge is 0.314 e. The molecule has 2 aliphatic rings. The Labute approximate surface area is 208 Å². The van der Waals surface area contributed by atoms with Crippen molar-refractivity contribution >= 4 is 23.4 Å². The Morgan fingerprint density at radius 2 is 1.97 bits per heavy atom. The normalized spacial score (nSPS) is 18.2. The van der Waals surface area contributed by atoms with Crippen LogP contribution in [0.25, 0.3) is 11.5 Å². The fraction of sp³-hybridized carbons (Fsp3) is 0.417. The number of hydrogen-bond acceptors (Lipinski definition) is 7. The lowest BCUT2D eigenvalue weighted by atomic mass is 9.90. The van der Waals surface area contributed by atoms with Crippen molar-refractivity contribution in [3.8, 4) is 11.5 Å². The minimum Gasteiger partial charge on any atom is -0.415 e. The number of alkyl halides is 3. The van der Waals surface area contributed by atoms with Crippen LogP contribution in [-0.2, 0) is 11.3 Å². The summed E-state index contributed by atoms with van der Waals surface area (Å²) in [6, 6.07) is 8.75. The molecular weight excluding hydrogens is 498 g/mol. The highest BCUT2D eigenvalue weighted by Crippen LogP contribution is 2.35. The molecule has 0 spiro atoms. The fourth-order valence-electron chi connectivity index (χ4n) is 4.45. The van der Waals surface area contributed by atoms with Gasteiger partial charge in [0.2, 0.25) is 11.6 Å². The molecular formula is C24H23F4N5O2S. The van der Waals surface area contributed by atoms with Gasteiger partial charge in [0.25, 0.3) is 11.8 Å². The maximum absolute atomic E-state index is 15.8. The third kappa shape index (κ3) is 5.10. The molecule has 12 heteroatoms. The highest BCUT2D eigenvalue weighted by atomic mass is 32.2. The van der Waals surface area contributed by atoms with Gasteiger partial charge in [0.15, 0.2) is 0 Å². The summed E-state index contributed by atoms with van der Waals surface area (Å²) in [5, 5.41) is 6.87. The number of pyridine rings is 1. The molecule has 2 aromatic heterocycles. The van der Waals surface area contributed by atoms with Gasteiger partial charge < -0.3 is 9.32 Å². The highest BCUT2D eigenvalue weighted by molar-refractivity contribution is 7.99. The largest absolute Gasteiger partial charge is 0.415 e. The average molecular weight is 522 g/mol. The lowest BCUT2D eigenvalue weighted by molar-refractivity contribution is -0.145. The summed E-state index contributed by atoms with van der Waals surface area (Å²) < 4.78 is 60.1. The molecule has 0 saturated carbocycles. The molecule has 0 radical (unpaired) electrons. The molecule has 5 rings (SSSR count). The molecule has 3 aromatic rings. The minimum absolute atomic E-state index is 0.00296. The lowest BCUT2D eigenvalue weighted by Crippen LogP contribution is -2.69. The van der Waals surface area contributed by atoms with Gasteiger partial charge in [0.1, 0.15) is 5.82 Å². The predicted octanol–water partition coefficient (Wildman–Crippen LogP) is 4.66. The molecule has 0 N–H and O–H groups in total. The van der Waals surface area contributed by atoms with Crippen LogP contribution in [0, 0.1) is 5.82 Å². The van der Waals surface area contributed by atoms with Crippen LogP contribution in [0.4, 0.5) is 23.2 Å². The molecule has 0 bridgehead atoms. The van der Waals surface area contributed by atoms with Gasteiger partial charge in [-0.2, -0.15) is 20.5 Å². The molecule has 0 aliphatic carbocycles. The highest BCUT2D eigenvalue weighted by Gasteiger charge is 2.53. The minimum atomic E-state index is -2.89. The van der Waals surface area contributed by atoms with Crippen molar-refractivity contribution in [2.24, 2.45) is 0 Å². The van der Waals surface area contributed by atoms with Crippen LogP contribution >= 0.6 is 11.8 Å². The number of hydrogen-bond donors (Lipinski definition) is 0. The molecule has 7 nitrogen and oxygen atoms in total. The van der Waals surface area contributed by atoms with Crippen LogP contribution in [0.1, 0.15) is 30.9 Å². The van der Waals surface area contributed by atoms with E-state index in [0.29, 0.717) is 11.3 Å². The second-order valence-corrected chi connectivity index (χ2v) is 10.1. The number of anilines is 1. The Morgan fingerprint density at radius 1 is 1.19 bits per heavy atom. The summed E-state index contributed by atoms with van der Waals surface area (Å²) in [6.07, 6.45) is 0.385. The topological polar surface area (TPSA) is 75.4 Å². The van der Waals surface area contributed by atoms with Gasteiger partial charge in [-0.15, -0.1) is 10.2 Å². The third-order valence-corrected chi connectivity index (χ3v) is 7.43. The SMILES string of the molecule is O=C(N(Cc1ccc(-c2nnc(C(F)F)o2)cn1)c1cccc(F)c1)C1(F)CN(C2CCSCC2)C1. The van der Waals surface area contributed by atoms with Gasteiger partial charge >= 0.3 is 6.43 Å². The molecule has 36 heavy (non-hydrogen) atoms. The zero-order valence-electron chi connectivity index (χ0n) is 19.1. The second-order valence-electron chi connectivity index (χ2n) is 8.87. The molecule has 2 aliphatic heterocycles. The molecule has 0 atom stereocenters. The maximum atomic E-state index is 15.8. The number of carbonyl (C=O) groups is 1. The van der Waals surface area contributed by atoms with E-state index >= 15 is 4.39 Å². The summed E-state index contributed by atoms with van der Waals surface area (Å²) in [5.41, 5.74) is -1.17. The maximum Gasteiger partial charge on any atom is 0.314 e. The number of halogens is 4. The second kappa shape index (κ2) is 10.2. The Morgan fingerprint density at radius 3 is 2.61 bits per heavy atom. The van der Waals surface area contributed by atoms with Crippen molar-refractivity contribution in [2.45, 2.75) is 37.5 Å². The summed E-state index contributed by atoms with van der Waals surface area (Å²) in [5.74, 6) is -0.175. The van der Waals surface area contributed by atoms with E-state index < -0.39 is 29.7 Å². The first-order valence-corrected chi connectivity index (χ1v) is 12.6. The summed E-state index contributed by atoms with van der Waals surface area (Å²) >= 11 is 1.88. The monoisotopic (exact) mass is 521 g/mol. The van der Waals surface area contributed by atoms with E-state index in [-0.39, 0.29) is 37.3 Å². The summed E-state index contributed by atoms with van der Waals surface area (Å²) in [7, 11) is 0. The Kier molecular flexibility index (Phi) is 6.98. The zero-order valence-corrected chi connectivity index (χ0v) is 19.9. The summed E-state index contributed by atoms with van der Waals surface area (Å²) in [6.45, 7) is -0.105. The van der Waals surface area contributed by atoms with E-state index in [9.17, 15) is 18.0 Å². The number of nitrogens with zero attached hydrogens (tertiary/aromatic N) is 5. The Hall–Kier alpha value is -2.99. The van der Waals surface area contributed by atoms with E-state index in [0.717, 1.165) is 24.3 Å². The first kappa shape index (κ1) is 24.7. The van der Waals surface area contributed by atoms with Gasteiger partial charge in [-0.05, 0) is 54.7 Å². The number of likely N-dealkylation sites (tertiary alicyclic amines) is 1. The standard InChI is InChI=1S/C24H23F4N5O2S/c25-16-2-1-3-19(10-16)33(23(34)24(28)13-32(14-24)18-6-8-36-9-7-18)12-17-5-4-15(11-29-17)21-30-31-22(35-21)20(26)27/h1-5,10-11,18,20H,6-9,12-14H2. The molecule has 2 fully saturated rings. The van der Waals surface area contributed by atoms with Crippen molar-refractivity contribution in [2.75, 3.05) is 29.5 Å². The number of carbonyl (C=O) groups excluding carboxylic acids is 1. The van der Waals surface area contributed by atoms with Crippen LogP contribution in [-0.4, -0.2) is 62.3 Å². The summed E-state index contributed by atoms with van der Waals surface area (Å²) in [4.78, 5) is 20.9. The van der Waals surface area contributed by atoms with Crippen molar-refractivity contribution in [1.29, 1.82) is 0 Å². The third-order valence-electron chi connectivity index (χ3n) is 6.38. The van der Waals surface area contributed by atoms with Crippen molar-refractivity contribution in [1.82, 2.24) is 20.1 Å². The molecule has 190 valence electrons. The number of amides is 1. The molecule has 1 amide bonds. The van der Waals surface area contributed by atoms with Gasteiger partial charge in [-0.25, -0.2) is 8.78 Å². The van der Waals surface area contributed by atoms with Crippen molar-refractivity contribution in [3.63, 3.8) is 0 Å². The number of aromatic nitrogens is 3. The molecule has 1 aromatic carbocycles. The number of rotatable bonds is 7. The van der Waals surface area contributed by atoms with E-state index in [1.54, 1.807) is 6.07 Å². The lowest BCUT2D eigenvalue weighted by Gasteiger charge is -2.49. The first-order valence-electron chi connectivity index (χ1n) is 11.5. The number of benzene rings is 1. The van der Waals surface area contributed by atoms with E-state index in [4.69, 9.17) is 4.42 Å². The molecule has 2 saturated heterocycles. The van der Waals surface area contributed by atoms with Gasteiger partial charge in [-0.3, -0.25) is 14.7 Å². The van der Waals surface area contributed by atoms with Crippen molar-refractivity contribution in [3.05, 3.63) is 60.0 Å². The average Bonchev–Trinajstić information content (AvgIpc) is 3.37. The zero-order chi connectivity index (χ0) is 25.3. The first-order chi connectivity index (χ1) is 17.3. The van der Waals surface area contributed by atoms with Crippen LogP contribution in [0.2, 0.25) is 0 Å². The van der Waals surface area contributed by atoms with Crippen LogP contribution in [0.5, 0.6) is 0 Å². The molecule has 0 unspecified atom stereocenters. The quantitative estimate of drug-likeness (QED) is 0.419. The number of thioether (sulfide) groups is 1. The van der Waals surface area contributed by atoms with Crippen LogP contribution in [0.15, 0.2) is 47.0 Å². The van der Waals surface area contributed by atoms with Crippen LogP contribution in [0.3, 0.4) is 0 Å².